The number of hydrogen-bond donors (Lipinski definition) is 0. The molecule has 0 radical (unpaired) electrons. The number of nitrogens with zero attached hydrogens (tertiary/aromatic N) is 11. The zero-order valence-corrected chi connectivity index (χ0v) is 33.2. The predicted octanol–water partition coefficient (Wildman–Crippen LogP) is 5.51. The lowest BCUT2D eigenvalue weighted by atomic mass is 9.88. The Morgan fingerprint density at radius 2 is 1.63 bits per heavy atom. The predicted molar refractivity (Wildman–Crippen MR) is 217 cm³/mol. The van der Waals surface area contributed by atoms with E-state index in [9.17, 15) is 9.59 Å². The van der Waals surface area contributed by atoms with Gasteiger partial charge >= 0.3 is 12.1 Å². The summed E-state index contributed by atoms with van der Waals surface area (Å²) in [5, 5.41) is 9.16. The first kappa shape index (κ1) is 37.4. The molecule has 57 heavy (non-hydrogen) atoms. The second-order valence-electron chi connectivity index (χ2n) is 15.6. The van der Waals surface area contributed by atoms with E-state index in [2.05, 4.69) is 47.9 Å². The number of methoxy groups -OCH3 is 1. The highest BCUT2D eigenvalue weighted by molar-refractivity contribution is 5.89. The van der Waals surface area contributed by atoms with Crippen LogP contribution in [0.3, 0.4) is 0 Å². The molecule has 294 valence electrons. The average molecular weight is 770 g/mol. The van der Waals surface area contributed by atoms with Gasteiger partial charge in [0.25, 0.3) is 5.91 Å². The van der Waals surface area contributed by atoms with Gasteiger partial charge in [0.05, 0.1) is 44.0 Å². The van der Waals surface area contributed by atoms with Crippen molar-refractivity contribution in [1.82, 2.24) is 44.3 Å². The summed E-state index contributed by atoms with van der Waals surface area (Å²) in [6.07, 6.45) is 2.99. The Balaban J connectivity index is 1.05. The number of benzene rings is 3. The maximum absolute atomic E-state index is 14.8. The van der Waals surface area contributed by atoms with E-state index in [4.69, 9.17) is 14.5 Å². The number of rotatable bonds is 9. The SMILES string of the molecule is COc1nccc(N(C)c2ccc(C)c(-c3cn(C4(C(=O)N5CCN(c6nc7ccccc7n6Cc6ccccc6)CC5)CN(C(=O)OC(C)(C)C)C4)nn3)c2)n1. The van der Waals surface area contributed by atoms with Crippen molar-refractivity contribution in [2.75, 3.05) is 63.2 Å². The molecule has 8 rings (SSSR count). The van der Waals surface area contributed by atoms with Crippen LogP contribution in [0.4, 0.5) is 22.2 Å². The number of aromatic nitrogens is 7. The maximum Gasteiger partial charge on any atom is 0.410 e. The molecule has 2 aliphatic heterocycles. The van der Waals surface area contributed by atoms with Gasteiger partial charge in [0.1, 0.15) is 17.1 Å². The molecule has 15 heteroatoms. The summed E-state index contributed by atoms with van der Waals surface area (Å²) < 4.78 is 14.8. The molecule has 2 saturated heterocycles. The number of fused-ring (bicyclic) bond motifs is 1. The number of carbonyl (C=O) groups is 2. The van der Waals surface area contributed by atoms with Crippen LogP contribution in [0.25, 0.3) is 22.3 Å². The van der Waals surface area contributed by atoms with Gasteiger partial charge in [0, 0.05) is 50.7 Å². The third-order valence-electron chi connectivity index (χ3n) is 10.6. The van der Waals surface area contributed by atoms with Crippen LogP contribution >= 0.6 is 0 Å². The number of aryl methyl sites for hydroxylation is 1. The Labute approximate surface area is 331 Å². The molecule has 15 nitrogen and oxygen atoms in total. The fraction of sp³-hybridized carbons (Fsp3) is 0.357. The fourth-order valence-electron chi connectivity index (χ4n) is 7.49. The lowest BCUT2D eigenvalue weighted by Gasteiger charge is -2.50. The summed E-state index contributed by atoms with van der Waals surface area (Å²) >= 11 is 0. The van der Waals surface area contributed by atoms with Gasteiger partial charge in [-0.15, -0.1) is 5.10 Å². The fourth-order valence-corrected chi connectivity index (χ4v) is 7.49. The van der Waals surface area contributed by atoms with Crippen LogP contribution in [0, 0.1) is 6.92 Å². The van der Waals surface area contributed by atoms with Gasteiger partial charge in [-0.05, 0) is 69.2 Å². The molecule has 3 aromatic carbocycles. The van der Waals surface area contributed by atoms with E-state index in [-0.39, 0.29) is 25.0 Å². The smallest absolute Gasteiger partial charge is 0.410 e. The minimum absolute atomic E-state index is 0.105. The third-order valence-corrected chi connectivity index (χ3v) is 10.6. The summed E-state index contributed by atoms with van der Waals surface area (Å²) in [4.78, 5) is 49.3. The number of amides is 2. The lowest BCUT2D eigenvalue weighted by molar-refractivity contribution is -0.151. The molecule has 2 amide bonds. The molecule has 3 aromatic heterocycles. The van der Waals surface area contributed by atoms with Gasteiger partial charge < -0.3 is 33.6 Å². The van der Waals surface area contributed by atoms with Gasteiger partial charge in [-0.3, -0.25) is 4.79 Å². The molecule has 6 aromatic rings. The van der Waals surface area contributed by atoms with E-state index in [0.717, 1.165) is 33.8 Å². The molecule has 0 spiro atoms. The molecule has 0 N–H and O–H groups in total. The molecular formula is C42H47N11O4. The first-order valence-electron chi connectivity index (χ1n) is 19.1. The van der Waals surface area contributed by atoms with Crippen molar-refractivity contribution >= 4 is 40.5 Å². The Morgan fingerprint density at radius 3 is 2.37 bits per heavy atom. The highest BCUT2D eigenvalue weighted by atomic mass is 16.6. The Hall–Kier alpha value is -6.51. The molecule has 0 aliphatic carbocycles. The normalized spacial score (nSPS) is 15.4. The second-order valence-corrected chi connectivity index (χ2v) is 15.6. The Morgan fingerprint density at radius 1 is 0.895 bits per heavy atom. The van der Waals surface area contributed by atoms with Crippen molar-refractivity contribution in [2.45, 2.75) is 45.4 Å². The Kier molecular flexibility index (Phi) is 9.75. The quantitative estimate of drug-likeness (QED) is 0.184. The summed E-state index contributed by atoms with van der Waals surface area (Å²) in [6.45, 7) is 10.5. The minimum atomic E-state index is -1.16. The van der Waals surface area contributed by atoms with Gasteiger partial charge in [-0.1, -0.05) is 53.7 Å². The molecule has 2 fully saturated rings. The summed E-state index contributed by atoms with van der Waals surface area (Å²) in [6, 6.07) is 26.7. The molecule has 2 aliphatic rings. The van der Waals surface area contributed by atoms with Gasteiger partial charge in [-0.25, -0.2) is 19.4 Å². The van der Waals surface area contributed by atoms with Crippen molar-refractivity contribution < 1.29 is 19.1 Å². The number of ether oxygens (including phenoxy) is 2. The number of carbonyl (C=O) groups excluding carboxylic acids is 2. The van der Waals surface area contributed by atoms with Crippen LogP contribution in [0.15, 0.2) is 91.3 Å². The zero-order valence-electron chi connectivity index (χ0n) is 33.2. The van der Waals surface area contributed by atoms with Crippen molar-refractivity contribution in [2.24, 2.45) is 0 Å². The minimum Gasteiger partial charge on any atom is -0.467 e. The second kappa shape index (κ2) is 14.9. The van der Waals surface area contributed by atoms with E-state index < -0.39 is 17.2 Å². The molecular weight excluding hydrogens is 723 g/mol. The lowest BCUT2D eigenvalue weighted by Crippen LogP contribution is -2.72. The molecule has 0 bridgehead atoms. The van der Waals surface area contributed by atoms with E-state index >= 15 is 0 Å². The van der Waals surface area contributed by atoms with Crippen molar-refractivity contribution in [3.05, 3.63) is 102 Å². The van der Waals surface area contributed by atoms with Crippen molar-refractivity contribution in [3.63, 3.8) is 0 Å². The highest BCUT2D eigenvalue weighted by Crippen LogP contribution is 2.36. The van der Waals surface area contributed by atoms with Gasteiger partial charge in [-0.2, -0.15) is 4.98 Å². The van der Waals surface area contributed by atoms with E-state index in [1.165, 1.54) is 12.7 Å². The molecule has 0 saturated carbocycles. The Bertz CT molecular complexity index is 2410. The monoisotopic (exact) mass is 769 g/mol. The highest BCUT2D eigenvalue weighted by Gasteiger charge is 2.56. The number of imidazole rings is 1. The summed E-state index contributed by atoms with van der Waals surface area (Å²) in [5.74, 6) is 1.43. The van der Waals surface area contributed by atoms with Crippen LogP contribution in [0.2, 0.25) is 0 Å². The molecule has 5 heterocycles. The van der Waals surface area contributed by atoms with E-state index in [0.29, 0.717) is 44.2 Å². The van der Waals surface area contributed by atoms with Crippen LogP contribution in [0.5, 0.6) is 6.01 Å². The summed E-state index contributed by atoms with van der Waals surface area (Å²) in [7, 11) is 3.45. The average Bonchev–Trinajstić information content (AvgIpc) is 3.83. The van der Waals surface area contributed by atoms with E-state index in [1.54, 1.807) is 21.8 Å². The standard InChI is InChI=1S/C42H47N11O4/c1-29-16-17-31(48(5)36-18-19-43-38(45-36)56-6)24-32(29)34-26-53(47-46-34)42(27-51(28-42)40(55)57-41(2,3)4)37(54)49-20-22-50(23-21-49)39-44-33-14-10-11-15-35(33)52(39)25-30-12-8-7-9-13-30/h7-19,24,26H,20-23,25,27-28H2,1-6H3. The van der Waals surface area contributed by atoms with E-state index in [1.807, 2.05) is 105 Å². The maximum atomic E-state index is 14.8. The first-order chi connectivity index (χ1) is 27.4. The van der Waals surface area contributed by atoms with Crippen LogP contribution in [0.1, 0.15) is 31.9 Å². The number of para-hydroxylation sites is 2. The number of anilines is 3. The van der Waals surface area contributed by atoms with Crippen LogP contribution < -0.4 is 14.5 Å². The topological polar surface area (TPSA) is 140 Å². The first-order valence-corrected chi connectivity index (χ1v) is 19.1. The van der Waals surface area contributed by atoms with Crippen molar-refractivity contribution in [3.8, 4) is 17.3 Å². The zero-order chi connectivity index (χ0) is 39.9. The molecule has 0 unspecified atom stereocenters. The molecule has 0 atom stereocenters. The van der Waals surface area contributed by atoms with Crippen molar-refractivity contribution in [1.29, 1.82) is 0 Å². The van der Waals surface area contributed by atoms with Crippen LogP contribution in [-0.4, -0.2) is 115 Å². The largest absolute Gasteiger partial charge is 0.467 e. The number of piperazine rings is 1. The summed E-state index contributed by atoms with van der Waals surface area (Å²) in [5.41, 5.74) is 4.65. The third kappa shape index (κ3) is 7.32. The number of hydrogen-bond acceptors (Lipinski definition) is 11. The van der Waals surface area contributed by atoms with Gasteiger partial charge in [0.2, 0.25) is 5.95 Å². The number of likely N-dealkylation sites (tertiary alicyclic amines) is 1. The van der Waals surface area contributed by atoms with Crippen LogP contribution in [-0.2, 0) is 21.6 Å². The van der Waals surface area contributed by atoms with Gasteiger partial charge in [0.15, 0.2) is 5.54 Å².